The Morgan fingerprint density at radius 1 is 0.469 bits per heavy atom. The van der Waals surface area contributed by atoms with Gasteiger partial charge in [0.1, 0.15) is 5.71 Å². The minimum atomic E-state index is -1.05. The van der Waals surface area contributed by atoms with Crippen LogP contribution in [0.4, 0.5) is 5.69 Å². The van der Waals surface area contributed by atoms with Gasteiger partial charge in [0.2, 0.25) is 11.6 Å². The van der Waals surface area contributed by atoms with E-state index in [4.69, 9.17) is 4.84 Å². The molecule has 6 aromatic carbocycles. The Morgan fingerprint density at radius 3 is 1.38 bits per heavy atom. The van der Waals surface area contributed by atoms with Crippen LogP contribution in [0.1, 0.15) is 119 Å². The van der Waals surface area contributed by atoms with Crippen molar-refractivity contribution >= 4 is 64.1 Å². The van der Waals surface area contributed by atoms with Crippen LogP contribution in [-0.2, 0) is 4.84 Å². The van der Waals surface area contributed by atoms with Crippen molar-refractivity contribution in [3.8, 4) is 0 Å². The third kappa shape index (κ3) is 16.1. The molecule has 0 saturated heterocycles. The maximum atomic E-state index is 13.3. The molecule has 0 spiro atoms. The lowest BCUT2D eigenvalue weighted by Crippen LogP contribution is -2.16. The number of nitrogens with zero attached hydrogens (tertiary/aromatic N) is 2. The predicted octanol–water partition coefficient (Wildman–Crippen LogP) is 14.7. The second-order valence-electron chi connectivity index (χ2n) is 14.8. The van der Waals surface area contributed by atoms with Gasteiger partial charge in [-0.15, -0.1) is 0 Å². The zero-order valence-electron chi connectivity index (χ0n) is 36.4. The summed E-state index contributed by atoms with van der Waals surface area (Å²) in [6, 6.07) is 50.3. The molecule has 8 nitrogen and oxygen atoms in total. The molecule has 6 aromatic rings. The quantitative estimate of drug-likeness (QED) is 0.0235. The number of unbranched alkanes of at least 4 members (excludes halogenated alkanes) is 6. The van der Waals surface area contributed by atoms with E-state index in [1.807, 2.05) is 103 Å². The lowest BCUT2D eigenvalue weighted by atomic mass is 10.0. The van der Waals surface area contributed by atoms with E-state index < -0.39 is 11.9 Å². The number of hydrogen-bond donors (Lipinski definition) is 1. The van der Waals surface area contributed by atoms with Crippen LogP contribution in [-0.4, -0.2) is 40.0 Å². The Bertz CT molecular complexity index is 2460. The van der Waals surface area contributed by atoms with Gasteiger partial charge in [0.05, 0.1) is 22.5 Å². The molecule has 0 radical (unpaired) electrons. The molecule has 0 heterocycles. The summed E-state index contributed by atoms with van der Waals surface area (Å²) in [7, 11) is 0. The topological polar surface area (TPSA) is 122 Å². The van der Waals surface area contributed by atoms with Crippen LogP contribution in [0.15, 0.2) is 194 Å². The highest BCUT2D eigenvalue weighted by Crippen LogP contribution is 2.29. The SMILES string of the molecule is CCCCCCC(=NOC(=O)c1ccccc1)C(=O)c1ccc(Sc2ccccc2)cc1.CCCCCCC(=Nc1ccccc1C(=O)O)C(=O)c1ccc(Sc2ccccc2)cc1. The van der Waals surface area contributed by atoms with Crippen molar-refractivity contribution < 1.29 is 29.1 Å². The summed E-state index contributed by atoms with van der Waals surface area (Å²) >= 11 is 3.27. The van der Waals surface area contributed by atoms with Gasteiger partial charge in [-0.05, 0) is 123 Å². The largest absolute Gasteiger partial charge is 0.478 e. The summed E-state index contributed by atoms with van der Waals surface area (Å²) in [5, 5.41) is 13.5. The van der Waals surface area contributed by atoms with Gasteiger partial charge in [-0.1, -0.05) is 148 Å². The number of carboxylic acids is 1. The van der Waals surface area contributed by atoms with Gasteiger partial charge in [0.25, 0.3) is 0 Å². The standard InChI is InChI=1S/2C27H27NO3S/c1-2-3-4-11-16-25(28-31-27(30)22-12-7-5-8-13-22)26(29)21-17-19-24(20-18-21)32-23-14-9-6-10-15-23;1-2-3-4-8-15-25(28-24-14-10-9-13-23(24)27(30)31)26(29)20-16-18-22(19-17-20)32-21-11-6-5-7-12-21/h5-10,12-15,17-20H,2-4,11,16H2,1H3;5-7,9-14,16-19H,2-4,8,15H2,1H3,(H,30,31). The minimum Gasteiger partial charge on any atom is -0.478 e. The fourth-order valence-corrected chi connectivity index (χ4v) is 8.09. The molecule has 0 aromatic heterocycles. The molecule has 0 unspecified atom stereocenters. The summed E-state index contributed by atoms with van der Waals surface area (Å²) < 4.78 is 0. The molecule has 0 fully saturated rings. The molecule has 0 saturated carbocycles. The lowest BCUT2D eigenvalue weighted by molar-refractivity contribution is 0.0514. The third-order valence-corrected chi connectivity index (χ3v) is 11.9. The summed E-state index contributed by atoms with van der Waals surface area (Å²) in [4.78, 5) is 64.2. The highest BCUT2D eigenvalue weighted by atomic mass is 32.2. The number of hydrogen-bond acceptors (Lipinski definition) is 9. The van der Waals surface area contributed by atoms with Crippen LogP contribution in [0.25, 0.3) is 0 Å². The number of rotatable bonds is 22. The molecule has 1 N–H and O–H groups in total. The van der Waals surface area contributed by atoms with Gasteiger partial charge < -0.3 is 9.94 Å². The summed E-state index contributed by atoms with van der Waals surface area (Å²) in [5.74, 6) is -1.99. The number of oxime groups is 1. The monoisotopic (exact) mass is 890 g/mol. The van der Waals surface area contributed by atoms with Crippen molar-refractivity contribution in [2.24, 2.45) is 10.1 Å². The van der Waals surface area contributed by atoms with Gasteiger partial charge in [-0.3, -0.25) is 9.59 Å². The zero-order chi connectivity index (χ0) is 45.4. The summed E-state index contributed by atoms with van der Waals surface area (Å²) in [5.41, 5.74) is 2.58. The molecule has 6 rings (SSSR count). The molecular weight excluding hydrogens is 837 g/mol. The Kier molecular flexibility index (Phi) is 20.5. The van der Waals surface area contributed by atoms with Gasteiger partial charge >= 0.3 is 11.9 Å². The maximum absolute atomic E-state index is 13.3. The molecule has 0 aliphatic rings. The summed E-state index contributed by atoms with van der Waals surface area (Å²) in [6.07, 6.45) is 9.06. The number of carbonyl (C=O) groups is 4. The van der Waals surface area contributed by atoms with Gasteiger partial charge in [0, 0.05) is 30.7 Å². The first kappa shape index (κ1) is 48.7. The van der Waals surface area contributed by atoms with Gasteiger partial charge in [-0.2, -0.15) is 0 Å². The molecule has 10 heteroatoms. The van der Waals surface area contributed by atoms with Crippen LogP contribution < -0.4 is 0 Å². The third-order valence-electron chi connectivity index (χ3n) is 9.89. The highest BCUT2D eigenvalue weighted by molar-refractivity contribution is 7.99. The summed E-state index contributed by atoms with van der Waals surface area (Å²) in [6.45, 7) is 4.27. The van der Waals surface area contributed by atoms with E-state index in [0.29, 0.717) is 40.9 Å². The van der Waals surface area contributed by atoms with E-state index in [1.165, 1.54) is 6.07 Å². The molecule has 0 amide bonds. The van der Waals surface area contributed by atoms with E-state index in [2.05, 4.69) is 24.0 Å². The first-order valence-corrected chi connectivity index (χ1v) is 23.4. The Hall–Kier alpha value is -6.36. The number of carboxylic acid groups (broad SMARTS) is 1. The second-order valence-corrected chi connectivity index (χ2v) is 17.1. The van der Waals surface area contributed by atoms with Crippen molar-refractivity contribution in [1.29, 1.82) is 0 Å². The molecule has 328 valence electrons. The van der Waals surface area contributed by atoms with Crippen LogP contribution in [0.5, 0.6) is 0 Å². The lowest BCUT2D eigenvalue weighted by Gasteiger charge is -2.09. The molecular formula is C54H54N2O6S2. The van der Waals surface area contributed by atoms with Crippen LogP contribution in [0, 0.1) is 0 Å². The number of carbonyl (C=O) groups excluding carboxylic acids is 3. The van der Waals surface area contributed by atoms with Crippen molar-refractivity contribution in [2.75, 3.05) is 0 Å². The van der Waals surface area contributed by atoms with E-state index in [0.717, 1.165) is 70.9 Å². The van der Waals surface area contributed by atoms with E-state index in [9.17, 15) is 24.3 Å². The second kappa shape index (κ2) is 27.0. The highest BCUT2D eigenvalue weighted by Gasteiger charge is 2.18. The Morgan fingerprint density at radius 2 is 0.891 bits per heavy atom. The first-order chi connectivity index (χ1) is 31.2. The normalized spacial score (nSPS) is 11.3. The van der Waals surface area contributed by atoms with E-state index in [-0.39, 0.29) is 22.8 Å². The molecule has 0 bridgehead atoms. The smallest absolute Gasteiger partial charge is 0.365 e. The molecule has 0 atom stereocenters. The van der Waals surface area contributed by atoms with E-state index >= 15 is 0 Å². The molecule has 0 aliphatic heterocycles. The van der Waals surface area contributed by atoms with Crippen molar-refractivity contribution in [1.82, 2.24) is 0 Å². The van der Waals surface area contributed by atoms with Gasteiger partial charge in [-0.25, -0.2) is 14.6 Å². The average Bonchev–Trinajstić information content (AvgIpc) is 3.33. The fourth-order valence-electron chi connectivity index (χ4n) is 6.41. The molecule has 64 heavy (non-hydrogen) atoms. The van der Waals surface area contributed by atoms with Crippen molar-refractivity contribution in [2.45, 2.75) is 97.6 Å². The predicted molar refractivity (Wildman–Crippen MR) is 260 cm³/mol. The first-order valence-electron chi connectivity index (χ1n) is 21.7. The zero-order valence-corrected chi connectivity index (χ0v) is 38.0. The maximum Gasteiger partial charge on any atom is 0.365 e. The Labute approximate surface area is 385 Å². The Balaban J connectivity index is 0.000000241. The van der Waals surface area contributed by atoms with Crippen molar-refractivity contribution in [3.63, 3.8) is 0 Å². The van der Waals surface area contributed by atoms with E-state index in [1.54, 1.807) is 78.1 Å². The fraction of sp³-hybridized carbons (Fsp3) is 0.222. The number of aromatic carboxylic acids is 1. The number of aliphatic imine (C=N–C) groups is 1. The van der Waals surface area contributed by atoms with Crippen LogP contribution in [0.2, 0.25) is 0 Å². The minimum absolute atomic E-state index is 0.0981. The van der Waals surface area contributed by atoms with Crippen molar-refractivity contribution in [3.05, 3.63) is 186 Å². The van der Waals surface area contributed by atoms with Crippen LogP contribution in [0.3, 0.4) is 0 Å². The number of benzene rings is 6. The van der Waals surface area contributed by atoms with Crippen LogP contribution >= 0.6 is 23.5 Å². The number of Topliss-reactive ketones (excluding diaryl/α,β-unsaturated/α-hetero) is 2. The number of para-hydroxylation sites is 1. The molecule has 0 aliphatic carbocycles. The van der Waals surface area contributed by atoms with Gasteiger partial charge in [0.15, 0.2) is 0 Å². The average molecular weight is 891 g/mol. The number of ketones is 2.